The van der Waals surface area contributed by atoms with Crippen LogP contribution in [0.3, 0.4) is 0 Å². The number of amidine groups is 3. The smallest absolute Gasteiger partial charge is 0.157 e. The molecule has 0 bridgehead atoms. The molecule has 0 amide bonds. The van der Waals surface area contributed by atoms with Crippen LogP contribution in [0.2, 0.25) is 10.0 Å². The maximum absolute atomic E-state index is 6.39. The first-order chi connectivity index (χ1) is 11.6. The van der Waals surface area contributed by atoms with Gasteiger partial charge in [-0.2, -0.15) is 0 Å². The third-order valence-electron chi connectivity index (χ3n) is 4.04. The summed E-state index contributed by atoms with van der Waals surface area (Å²) in [7, 11) is 0. The van der Waals surface area contributed by atoms with Gasteiger partial charge in [-0.3, -0.25) is 9.98 Å². The molecular formula is C18H14Cl2N4. The minimum atomic E-state index is -0.285. The standard InChI is InChI=1S/C18H14Cl2N4/c1-10-21-15(14-12(19)8-5-9-13(14)20)16-18(22-10)24-17(23-16)11-6-3-2-4-7-11/h2-9,15-16H,1H3,(H,21,22,23,24). The van der Waals surface area contributed by atoms with Gasteiger partial charge in [0.05, 0.1) is 5.84 Å². The van der Waals surface area contributed by atoms with Gasteiger partial charge in [0.15, 0.2) is 5.84 Å². The van der Waals surface area contributed by atoms with E-state index >= 15 is 0 Å². The highest BCUT2D eigenvalue weighted by Gasteiger charge is 2.37. The van der Waals surface area contributed by atoms with Gasteiger partial charge in [0.25, 0.3) is 0 Å². The molecule has 1 N–H and O–H groups in total. The quantitative estimate of drug-likeness (QED) is 0.857. The van der Waals surface area contributed by atoms with Crippen molar-refractivity contribution < 1.29 is 0 Å². The topological polar surface area (TPSA) is 49.1 Å². The van der Waals surface area contributed by atoms with Gasteiger partial charge in [-0.25, -0.2) is 4.99 Å². The summed E-state index contributed by atoms with van der Waals surface area (Å²) >= 11 is 12.8. The molecule has 2 heterocycles. The van der Waals surface area contributed by atoms with E-state index < -0.39 is 0 Å². The fourth-order valence-electron chi connectivity index (χ4n) is 2.96. The lowest BCUT2D eigenvalue weighted by atomic mass is 9.98. The molecular weight excluding hydrogens is 343 g/mol. The number of halogens is 2. The van der Waals surface area contributed by atoms with Crippen molar-refractivity contribution in [3.05, 3.63) is 69.7 Å². The van der Waals surface area contributed by atoms with Crippen LogP contribution in [0, 0.1) is 0 Å². The summed E-state index contributed by atoms with van der Waals surface area (Å²) in [5.41, 5.74) is 1.76. The highest BCUT2D eigenvalue weighted by molar-refractivity contribution is 6.36. The van der Waals surface area contributed by atoms with E-state index in [1.165, 1.54) is 0 Å². The molecule has 24 heavy (non-hydrogen) atoms. The van der Waals surface area contributed by atoms with E-state index in [2.05, 4.69) is 10.3 Å². The first kappa shape index (κ1) is 15.4. The Morgan fingerprint density at radius 1 is 0.875 bits per heavy atom. The minimum absolute atomic E-state index is 0.249. The van der Waals surface area contributed by atoms with Crippen LogP contribution < -0.4 is 5.32 Å². The molecule has 2 aliphatic rings. The Balaban J connectivity index is 1.80. The van der Waals surface area contributed by atoms with E-state index in [1.54, 1.807) is 0 Å². The summed E-state index contributed by atoms with van der Waals surface area (Å²) in [5.74, 6) is 2.25. The Morgan fingerprint density at radius 2 is 1.58 bits per heavy atom. The zero-order chi connectivity index (χ0) is 16.7. The third-order valence-corrected chi connectivity index (χ3v) is 4.70. The number of rotatable bonds is 2. The molecule has 2 atom stereocenters. The maximum Gasteiger partial charge on any atom is 0.157 e. The minimum Gasteiger partial charge on any atom is -0.331 e. The van der Waals surface area contributed by atoms with Crippen molar-refractivity contribution in [3.8, 4) is 0 Å². The van der Waals surface area contributed by atoms with E-state index in [-0.39, 0.29) is 12.1 Å². The normalized spacial score (nSPS) is 22.2. The number of nitrogens with one attached hydrogen (secondary N) is 1. The highest BCUT2D eigenvalue weighted by atomic mass is 35.5. The van der Waals surface area contributed by atoms with Crippen LogP contribution in [0.5, 0.6) is 0 Å². The molecule has 0 radical (unpaired) electrons. The lowest BCUT2D eigenvalue weighted by Gasteiger charge is -2.27. The van der Waals surface area contributed by atoms with Gasteiger partial charge in [-0.05, 0) is 19.1 Å². The van der Waals surface area contributed by atoms with Gasteiger partial charge in [0.1, 0.15) is 17.9 Å². The van der Waals surface area contributed by atoms with Crippen molar-refractivity contribution in [1.82, 2.24) is 5.32 Å². The second kappa shape index (κ2) is 6.04. The van der Waals surface area contributed by atoms with E-state index in [9.17, 15) is 0 Å². The molecule has 6 heteroatoms. The second-order valence-corrected chi connectivity index (χ2v) is 6.49. The molecule has 120 valence electrons. The van der Waals surface area contributed by atoms with Crippen LogP contribution >= 0.6 is 23.2 Å². The van der Waals surface area contributed by atoms with Crippen molar-refractivity contribution in [1.29, 1.82) is 0 Å². The second-order valence-electron chi connectivity index (χ2n) is 5.68. The first-order valence-corrected chi connectivity index (χ1v) is 8.36. The van der Waals surface area contributed by atoms with Crippen molar-refractivity contribution in [2.45, 2.75) is 19.0 Å². The van der Waals surface area contributed by atoms with Crippen molar-refractivity contribution in [2.75, 3.05) is 0 Å². The van der Waals surface area contributed by atoms with Gasteiger partial charge in [-0.1, -0.05) is 59.6 Å². The molecule has 0 fully saturated rings. The number of hydrogen-bond acceptors (Lipinski definition) is 4. The molecule has 2 aliphatic heterocycles. The molecule has 2 aromatic rings. The molecule has 4 nitrogen and oxygen atoms in total. The third kappa shape index (κ3) is 2.62. The largest absolute Gasteiger partial charge is 0.331 e. The Bertz CT molecular complexity index is 867. The molecule has 0 aliphatic carbocycles. The van der Waals surface area contributed by atoms with E-state index in [1.807, 2.05) is 55.5 Å². The molecule has 0 saturated carbocycles. The van der Waals surface area contributed by atoms with Crippen LogP contribution in [0.25, 0.3) is 0 Å². The summed E-state index contributed by atoms with van der Waals surface area (Å²) in [4.78, 5) is 14.1. The predicted octanol–water partition coefficient (Wildman–Crippen LogP) is 4.28. The molecule has 4 rings (SSSR count). The zero-order valence-electron chi connectivity index (χ0n) is 12.9. The number of fused-ring (bicyclic) bond motifs is 1. The fraction of sp³-hybridized carbons (Fsp3) is 0.167. The van der Waals surface area contributed by atoms with Crippen molar-refractivity contribution >= 4 is 40.7 Å². The number of nitrogens with zero attached hydrogens (tertiary/aromatic N) is 3. The lowest BCUT2D eigenvalue weighted by molar-refractivity contribution is 0.648. The number of benzene rings is 2. The molecule has 2 unspecified atom stereocenters. The summed E-state index contributed by atoms with van der Waals surface area (Å²) in [5, 5.41) is 4.40. The summed E-state index contributed by atoms with van der Waals surface area (Å²) in [6, 6.07) is 14.8. The molecule has 0 saturated heterocycles. The number of hydrogen-bond donors (Lipinski definition) is 1. The molecule has 0 spiro atoms. The van der Waals surface area contributed by atoms with Crippen LogP contribution in [-0.4, -0.2) is 23.5 Å². The summed E-state index contributed by atoms with van der Waals surface area (Å²) in [6.07, 6.45) is 0. The average molecular weight is 357 g/mol. The van der Waals surface area contributed by atoms with Crippen LogP contribution in [0.15, 0.2) is 63.5 Å². The van der Waals surface area contributed by atoms with Crippen molar-refractivity contribution in [3.63, 3.8) is 0 Å². The van der Waals surface area contributed by atoms with Gasteiger partial charge < -0.3 is 5.32 Å². The average Bonchev–Trinajstić information content (AvgIpc) is 2.99. The number of aliphatic imine (C=N–C) groups is 3. The monoisotopic (exact) mass is 356 g/mol. The van der Waals surface area contributed by atoms with Crippen LogP contribution in [0.4, 0.5) is 0 Å². The van der Waals surface area contributed by atoms with Crippen molar-refractivity contribution in [2.24, 2.45) is 15.0 Å². The molecule has 0 aromatic heterocycles. The van der Waals surface area contributed by atoms with E-state index in [0.29, 0.717) is 15.9 Å². The Labute approximate surface area is 150 Å². The fourth-order valence-corrected chi connectivity index (χ4v) is 3.58. The Hall–Kier alpha value is -2.17. The summed E-state index contributed by atoms with van der Waals surface area (Å²) in [6.45, 7) is 1.90. The predicted molar refractivity (Wildman–Crippen MR) is 99.6 cm³/mol. The van der Waals surface area contributed by atoms with Gasteiger partial charge in [0, 0.05) is 21.2 Å². The maximum atomic E-state index is 6.39. The van der Waals surface area contributed by atoms with Gasteiger partial charge in [0.2, 0.25) is 0 Å². The Kier molecular flexibility index (Phi) is 3.87. The summed E-state index contributed by atoms with van der Waals surface area (Å²) < 4.78 is 0. The van der Waals surface area contributed by atoms with Gasteiger partial charge >= 0.3 is 0 Å². The van der Waals surface area contributed by atoms with Gasteiger partial charge in [-0.15, -0.1) is 0 Å². The lowest BCUT2D eigenvalue weighted by Crippen LogP contribution is -2.43. The highest BCUT2D eigenvalue weighted by Crippen LogP contribution is 2.38. The van der Waals surface area contributed by atoms with Crippen LogP contribution in [-0.2, 0) is 0 Å². The van der Waals surface area contributed by atoms with E-state index in [4.69, 9.17) is 33.2 Å². The van der Waals surface area contributed by atoms with E-state index in [0.717, 1.165) is 22.8 Å². The molecule has 2 aromatic carbocycles. The van der Waals surface area contributed by atoms with Crippen LogP contribution in [0.1, 0.15) is 24.1 Å². The SMILES string of the molecule is CC1=NC(c2c(Cl)cccc2Cl)C2N=C(c3ccccc3)N=C2N1. The Morgan fingerprint density at radius 3 is 2.29 bits per heavy atom. The zero-order valence-corrected chi connectivity index (χ0v) is 14.4. The first-order valence-electron chi connectivity index (χ1n) is 7.60.